The van der Waals surface area contributed by atoms with Crippen LogP contribution in [0.1, 0.15) is 36.6 Å². The Morgan fingerprint density at radius 2 is 1.95 bits per heavy atom. The van der Waals surface area contributed by atoms with Gasteiger partial charge in [-0.25, -0.2) is 0 Å². The maximum absolute atomic E-state index is 5.45. The molecule has 2 aromatic rings. The van der Waals surface area contributed by atoms with Gasteiger partial charge in [-0.2, -0.15) is 0 Å². The van der Waals surface area contributed by atoms with E-state index in [1.54, 1.807) is 12.4 Å². The van der Waals surface area contributed by atoms with Crippen LogP contribution in [-0.4, -0.2) is 10.1 Å². The third-order valence-corrected chi connectivity index (χ3v) is 3.85. The number of anilines is 1. The lowest BCUT2D eigenvalue weighted by molar-refractivity contribution is 0.471. The predicted octanol–water partition coefficient (Wildman–Crippen LogP) is 4.38. The Bertz CT molecular complexity index is 638. The summed E-state index contributed by atoms with van der Waals surface area (Å²) in [6, 6.07) is 10.6. The number of thiocarbonyl (C=S) groups is 1. The Labute approximate surface area is 138 Å². The van der Waals surface area contributed by atoms with Crippen molar-refractivity contribution in [3.8, 4) is 0 Å². The van der Waals surface area contributed by atoms with E-state index in [0.29, 0.717) is 11.0 Å². The summed E-state index contributed by atoms with van der Waals surface area (Å²) >= 11 is 5.45. The van der Waals surface area contributed by atoms with Crippen LogP contribution in [0.25, 0.3) is 0 Å². The summed E-state index contributed by atoms with van der Waals surface area (Å²) in [4.78, 5) is 4.08. The zero-order chi connectivity index (χ0) is 16.1. The average molecular weight is 313 g/mol. The third-order valence-electron chi connectivity index (χ3n) is 3.63. The number of hydrogen-bond donors (Lipinski definition) is 2. The van der Waals surface area contributed by atoms with Crippen molar-refractivity contribution in [3.63, 3.8) is 0 Å². The zero-order valence-electron chi connectivity index (χ0n) is 13.6. The van der Waals surface area contributed by atoms with E-state index in [2.05, 4.69) is 61.5 Å². The molecule has 116 valence electrons. The topological polar surface area (TPSA) is 37.0 Å². The van der Waals surface area contributed by atoms with Gasteiger partial charge in [0.2, 0.25) is 0 Å². The van der Waals surface area contributed by atoms with Crippen LogP contribution in [0.4, 0.5) is 5.69 Å². The highest BCUT2D eigenvalue weighted by Gasteiger charge is 2.18. The van der Waals surface area contributed by atoms with Crippen LogP contribution < -0.4 is 10.6 Å². The minimum absolute atomic E-state index is 0.178. The highest BCUT2D eigenvalue weighted by atomic mass is 32.1. The van der Waals surface area contributed by atoms with Gasteiger partial charge in [0.05, 0.1) is 17.9 Å². The van der Waals surface area contributed by atoms with Crippen LogP contribution in [0.2, 0.25) is 0 Å². The van der Waals surface area contributed by atoms with Gasteiger partial charge < -0.3 is 10.6 Å². The van der Waals surface area contributed by atoms with Crippen molar-refractivity contribution >= 4 is 23.0 Å². The van der Waals surface area contributed by atoms with Crippen molar-refractivity contribution in [2.24, 2.45) is 5.92 Å². The molecule has 0 aliphatic heterocycles. The Hall–Kier alpha value is -1.94. The first-order valence-electron chi connectivity index (χ1n) is 7.52. The summed E-state index contributed by atoms with van der Waals surface area (Å²) in [5.74, 6) is 0.426. The molecular weight excluding hydrogens is 290 g/mol. The van der Waals surface area contributed by atoms with E-state index >= 15 is 0 Å². The molecule has 0 spiro atoms. The lowest BCUT2D eigenvalue weighted by atomic mass is 9.92. The molecule has 1 heterocycles. The quantitative estimate of drug-likeness (QED) is 0.821. The maximum Gasteiger partial charge on any atom is 0.171 e. The van der Waals surface area contributed by atoms with Gasteiger partial charge in [0.1, 0.15) is 0 Å². The van der Waals surface area contributed by atoms with Crippen molar-refractivity contribution in [1.29, 1.82) is 0 Å². The van der Waals surface area contributed by atoms with Gasteiger partial charge in [-0.05, 0) is 55.2 Å². The van der Waals surface area contributed by atoms with E-state index in [1.165, 1.54) is 16.7 Å². The molecule has 0 amide bonds. The van der Waals surface area contributed by atoms with Crippen LogP contribution in [0.15, 0.2) is 42.7 Å². The molecule has 0 saturated heterocycles. The fourth-order valence-corrected chi connectivity index (χ4v) is 2.77. The second-order valence-corrected chi connectivity index (χ2v) is 6.33. The summed E-state index contributed by atoms with van der Waals surface area (Å²) in [6.07, 6.45) is 3.50. The molecule has 0 fully saturated rings. The van der Waals surface area contributed by atoms with Crippen LogP contribution >= 0.6 is 12.2 Å². The van der Waals surface area contributed by atoms with E-state index < -0.39 is 0 Å². The van der Waals surface area contributed by atoms with Gasteiger partial charge in [-0.1, -0.05) is 37.6 Å². The Morgan fingerprint density at radius 1 is 1.18 bits per heavy atom. The lowest BCUT2D eigenvalue weighted by Crippen LogP contribution is -2.35. The molecular formula is C18H23N3S. The summed E-state index contributed by atoms with van der Waals surface area (Å²) in [7, 11) is 0. The molecule has 0 saturated carbocycles. The van der Waals surface area contributed by atoms with Gasteiger partial charge in [0, 0.05) is 6.20 Å². The first-order valence-corrected chi connectivity index (χ1v) is 7.93. The molecule has 22 heavy (non-hydrogen) atoms. The minimum Gasteiger partial charge on any atom is -0.355 e. The van der Waals surface area contributed by atoms with Gasteiger partial charge >= 0.3 is 0 Å². The summed E-state index contributed by atoms with van der Waals surface area (Å²) in [6.45, 7) is 8.66. The van der Waals surface area contributed by atoms with E-state index in [9.17, 15) is 0 Å². The highest BCUT2D eigenvalue weighted by Crippen LogP contribution is 2.25. The number of nitrogens with one attached hydrogen (secondary N) is 2. The van der Waals surface area contributed by atoms with Gasteiger partial charge in [-0.3, -0.25) is 4.98 Å². The van der Waals surface area contributed by atoms with Crippen molar-refractivity contribution in [3.05, 3.63) is 59.4 Å². The number of hydrogen-bond acceptors (Lipinski definition) is 2. The molecule has 3 nitrogen and oxygen atoms in total. The predicted molar refractivity (Wildman–Crippen MR) is 97.1 cm³/mol. The number of rotatable bonds is 4. The van der Waals surface area contributed by atoms with E-state index in [0.717, 1.165) is 5.69 Å². The fraction of sp³-hybridized carbons (Fsp3) is 0.333. The third kappa shape index (κ3) is 4.28. The molecule has 2 rings (SSSR count). The normalized spacial score (nSPS) is 12.0. The smallest absolute Gasteiger partial charge is 0.171 e. The molecule has 0 aliphatic rings. The molecule has 0 bridgehead atoms. The second kappa shape index (κ2) is 7.36. The Kier molecular flexibility index (Phi) is 5.50. The van der Waals surface area contributed by atoms with E-state index in [-0.39, 0.29) is 6.04 Å². The number of benzene rings is 1. The molecule has 2 N–H and O–H groups in total. The monoisotopic (exact) mass is 313 g/mol. The first-order chi connectivity index (χ1) is 10.5. The van der Waals surface area contributed by atoms with Crippen molar-refractivity contribution < 1.29 is 0 Å². The summed E-state index contributed by atoms with van der Waals surface area (Å²) in [5, 5.41) is 7.24. The van der Waals surface area contributed by atoms with Crippen LogP contribution in [-0.2, 0) is 0 Å². The molecule has 1 aromatic carbocycles. The lowest BCUT2D eigenvalue weighted by Gasteiger charge is -2.26. The number of aryl methyl sites for hydroxylation is 2. The standard InChI is InChI=1S/C18H23N3S/c1-12(2)17(16-8-7-13(3)10-14(16)4)21-18(22)20-15-6-5-9-19-11-15/h5-12,17H,1-4H3,(H2,20,21,22). The number of pyridine rings is 1. The molecule has 4 heteroatoms. The first kappa shape index (κ1) is 16.4. The minimum atomic E-state index is 0.178. The van der Waals surface area contributed by atoms with Crippen LogP contribution in [0.5, 0.6) is 0 Å². The summed E-state index contributed by atoms with van der Waals surface area (Å²) in [5.41, 5.74) is 4.74. The molecule has 0 radical (unpaired) electrons. The molecule has 0 aliphatic carbocycles. The highest BCUT2D eigenvalue weighted by molar-refractivity contribution is 7.80. The zero-order valence-corrected chi connectivity index (χ0v) is 14.4. The maximum atomic E-state index is 5.45. The number of nitrogens with zero attached hydrogens (tertiary/aromatic N) is 1. The van der Waals surface area contributed by atoms with Crippen molar-refractivity contribution in [1.82, 2.24) is 10.3 Å². The van der Waals surface area contributed by atoms with Gasteiger partial charge in [0.15, 0.2) is 5.11 Å². The van der Waals surface area contributed by atoms with Gasteiger partial charge in [-0.15, -0.1) is 0 Å². The fourth-order valence-electron chi connectivity index (χ4n) is 2.52. The average Bonchev–Trinajstić information content (AvgIpc) is 2.46. The van der Waals surface area contributed by atoms with Crippen LogP contribution in [0, 0.1) is 19.8 Å². The SMILES string of the molecule is Cc1ccc(C(NC(=S)Nc2cccnc2)C(C)C)c(C)c1. The summed E-state index contributed by atoms with van der Waals surface area (Å²) < 4.78 is 0. The van der Waals surface area contributed by atoms with Crippen molar-refractivity contribution in [2.45, 2.75) is 33.7 Å². The largest absolute Gasteiger partial charge is 0.355 e. The van der Waals surface area contributed by atoms with Crippen LogP contribution in [0.3, 0.4) is 0 Å². The number of aromatic nitrogens is 1. The molecule has 1 atom stereocenters. The van der Waals surface area contributed by atoms with Gasteiger partial charge in [0.25, 0.3) is 0 Å². The Morgan fingerprint density at radius 3 is 2.55 bits per heavy atom. The second-order valence-electron chi connectivity index (χ2n) is 5.92. The van der Waals surface area contributed by atoms with Crippen molar-refractivity contribution in [2.75, 3.05) is 5.32 Å². The molecule has 1 aromatic heterocycles. The Balaban J connectivity index is 2.13. The van der Waals surface area contributed by atoms with E-state index in [1.807, 2.05) is 12.1 Å². The van der Waals surface area contributed by atoms with E-state index in [4.69, 9.17) is 12.2 Å². The molecule has 1 unspecified atom stereocenters.